The van der Waals surface area contributed by atoms with Crippen LogP contribution in [0.3, 0.4) is 0 Å². The van der Waals surface area contributed by atoms with Gasteiger partial charge in [0.05, 0.1) is 23.3 Å². The van der Waals surface area contributed by atoms with E-state index >= 15 is 0 Å². The molecule has 0 atom stereocenters. The molecule has 0 fully saturated rings. The quantitative estimate of drug-likeness (QED) is 0.579. The molecule has 0 aliphatic rings. The van der Waals surface area contributed by atoms with Crippen molar-refractivity contribution in [2.45, 2.75) is 12.1 Å². The number of Topliss-reactive ketones (excluding diaryl/α,β-unsaturated/α-hetero) is 1. The molecule has 108 valence electrons. The molecule has 21 heavy (non-hydrogen) atoms. The van der Waals surface area contributed by atoms with Crippen LogP contribution in [0.15, 0.2) is 40.2 Å². The minimum Gasteiger partial charge on any atom is -0.469 e. The number of H-pyrrole nitrogens is 1. The molecule has 3 aromatic rings. The number of aromatic nitrogens is 4. The molecule has 0 unspecified atom stereocenters. The molecular formula is C14H14N4O2S. The highest BCUT2D eigenvalue weighted by Gasteiger charge is 2.16. The lowest BCUT2D eigenvalue weighted by molar-refractivity contribution is 0.101. The van der Waals surface area contributed by atoms with E-state index in [4.69, 9.17) is 4.42 Å². The van der Waals surface area contributed by atoms with Gasteiger partial charge in [0.15, 0.2) is 16.8 Å². The Morgan fingerprint density at radius 2 is 2.29 bits per heavy atom. The zero-order chi connectivity index (χ0) is 14.8. The monoisotopic (exact) mass is 302 g/mol. The second-order valence-electron chi connectivity index (χ2n) is 4.55. The van der Waals surface area contributed by atoms with E-state index < -0.39 is 0 Å². The molecule has 6 nitrogen and oxygen atoms in total. The fraction of sp³-hybridized carbons (Fsp3) is 0.214. The molecule has 7 heteroatoms. The topological polar surface area (TPSA) is 76.7 Å². The van der Waals surface area contributed by atoms with Crippen molar-refractivity contribution in [3.8, 4) is 11.4 Å². The molecule has 0 saturated carbocycles. The zero-order valence-corrected chi connectivity index (χ0v) is 12.5. The summed E-state index contributed by atoms with van der Waals surface area (Å²) in [5, 5.41) is 9.01. The van der Waals surface area contributed by atoms with E-state index in [-0.39, 0.29) is 5.78 Å². The maximum Gasteiger partial charge on any atom is 0.191 e. The average Bonchev–Trinajstić information content (AvgIpc) is 3.18. The third-order valence-corrected chi connectivity index (χ3v) is 4.19. The van der Waals surface area contributed by atoms with Crippen LogP contribution in [0.25, 0.3) is 11.4 Å². The van der Waals surface area contributed by atoms with Gasteiger partial charge in [-0.1, -0.05) is 11.8 Å². The lowest BCUT2D eigenvalue weighted by Gasteiger charge is -2.02. The Balaban J connectivity index is 1.74. The van der Waals surface area contributed by atoms with Crippen LogP contribution in [0.1, 0.15) is 16.2 Å². The van der Waals surface area contributed by atoms with Gasteiger partial charge in [-0.05, 0) is 25.1 Å². The molecule has 0 aromatic carbocycles. The Morgan fingerprint density at radius 3 is 2.95 bits per heavy atom. The van der Waals surface area contributed by atoms with Crippen molar-refractivity contribution in [2.24, 2.45) is 7.05 Å². The summed E-state index contributed by atoms with van der Waals surface area (Å²) in [6.07, 6.45) is 3.36. The summed E-state index contributed by atoms with van der Waals surface area (Å²) >= 11 is 1.37. The Morgan fingerprint density at radius 1 is 1.43 bits per heavy atom. The summed E-state index contributed by atoms with van der Waals surface area (Å²) in [5.41, 5.74) is 1.52. The van der Waals surface area contributed by atoms with Gasteiger partial charge in [-0.25, -0.2) is 0 Å². The number of ketones is 1. The highest BCUT2D eigenvalue weighted by atomic mass is 32.2. The van der Waals surface area contributed by atoms with Gasteiger partial charge in [-0.3, -0.25) is 4.79 Å². The van der Waals surface area contributed by atoms with Crippen LogP contribution in [-0.4, -0.2) is 31.3 Å². The number of rotatable bonds is 5. The van der Waals surface area contributed by atoms with Gasteiger partial charge < -0.3 is 14.0 Å². The number of furan rings is 1. The molecule has 0 aliphatic carbocycles. The fourth-order valence-corrected chi connectivity index (χ4v) is 2.80. The Bertz CT molecular complexity index is 758. The van der Waals surface area contributed by atoms with E-state index in [1.54, 1.807) is 24.6 Å². The molecule has 3 aromatic heterocycles. The van der Waals surface area contributed by atoms with Crippen molar-refractivity contribution in [1.29, 1.82) is 0 Å². The summed E-state index contributed by atoms with van der Waals surface area (Å²) in [6, 6.07) is 5.43. The summed E-state index contributed by atoms with van der Waals surface area (Å²) < 4.78 is 7.15. The van der Waals surface area contributed by atoms with E-state index in [0.29, 0.717) is 16.6 Å². The molecule has 0 amide bonds. The molecule has 3 heterocycles. The lowest BCUT2D eigenvalue weighted by atomic mass is 10.2. The van der Waals surface area contributed by atoms with Gasteiger partial charge >= 0.3 is 0 Å². The largest absolute Gasteiger partial charge is 0.469 e. The fourth-order valence-electron chi connectivity index (χ4n) is 2.00. The highest BCUT2D eigenvalue weighted by Crippen LogP contribution is 2.26. The first-order valence-corrected chi connectivity index (χ1v) is 7.38. The van der Waals surface area contributed by atoms with E-state index in [1.807, 2.05) is 24.6 Å². The Kier molecular flexibility index (Phi) is 3.66. The van der Waals surface area contributed by atoms with Gasteiger partial charge in [-0.15, -0.1) is 10.2 Å². The third kappa shape index (κ3) is 2.64. The molecule has 0 aliphatic heterocycles. The number of carbonyl (C=O) groups excluding carboxylic acids is 1. The molecule has 0 saturated heterocycles. The summed E-state index contributed by atoms with van der Waals surface area (Å²) in [6.45, 7) is 1.88. The van der Waals surface area contributed by atoms with Crippen molar-refractivity contribution in [3.63, 3.8) is 0 Å². The summed E-state index contributed by atoms with van der Waals surface area (Å²) in [7, 11) is 1.88. The predicted octanol–water partition coefficient (Wildman–Crippen LogP) is 2.69. The number of hydrogen-bond donors (Lipinski definition) is 1. The lowest BCUT2D eigenvalue weighted by Crippen LogP contribution is -2.04. The first-order valence-electron chi connectivity index (χ1n) is 6.40. The van der Waals surface area contributed by atoms with Gasteiger partial charge in [0.1, 0.15) is 5.76 Å². The predicted molar refractivity (Wildman–Crippen MR) is 79.3 cm³/mol. The molecule has 1 N–H and O–H groups in total. The number of nitrogens with one attached hydrogen (secondary N) is 1. The number of nitrogens with zero attached hydrogens (tertiary/aromatic N) is 3. The minimum absolute atomic E-state index is 0.0361. The zero-order valence-electron chi connectivity index (χ0n) is 11.7. The summed E-state index contributed by atoms with van der Waals surface area (Å²) in [5.74, 6) is 1.88. The van der Waals surface area contributed by atoms with Crippen molar-refractivity contribution < 1.29 is 9.21 Å². The standard InChI is InChI=1S/C14H14N4O2S/c1-9-10(5-7-20-9)13-16-17-14(18(13)2)21-8-12(19)11-4-3-6-15-11/h3-7,15H,8H2,1-2H3. The Labute approximate surface area is 125 Å². The second kappa shape index (κ2) is 5.61. The van der Waals surface area contributed by atoms with E-state index in [9.17, 15) is 4.79 Å². The number of aryl methyl sites for hydroxylation is 1. The van der Waals surface area contributed by atoms with Crippen LogP contribution in [0, 0.1) is 6.92 Å². The van der Waals surface area contributed by atoms with Crippen LogP contribution < -0.4 is 0 Å². The van der Waals surface area contributed by atoms with Crippen LogP contribution in [0.5, 0.6) is 0 Å². The second-order valence-corrected chi connectivity index (χ2v) is 5.49. The molecule has 0 spiro atoms. The number of hydrogen-bond acceptors (Lipinski definition) is 5. The normalized spacial score (nSPS) is 11.0. The van der Waals surface area contributed by atoms with Crippen LogP contribution in [-0.2, 0) is 7.05 Å². The van der Waals surface area contributed by atoms with Crippen LogP contribution in [0.4, 0.5) is 0 Å². The molecule has 3 rings (SSSR count). The smallest absolute Gasteiger partial charge is 0.191 e. The molecule has 0 radical (unpaired) electrons. The molecule has 0 bridgehead atoms. The van der Waals surface area contributed by atoms with Crippen molar-refractivity contribution in [2.75, 3.05) is 5.75 Å². The molecular weight excluding hydrogens is 288 g/mol. The Hall–Kier alpha value is -2.28. The van der Waals surface area contributed by atoms with Gasteiger partial charge in [0.25, 0.3) is 0 Å². The maximum atomic E-state index is 12.0. The van der Waals surface area contributed by atoms with Crippen molar-refractivity contribution in [3.05, 3.63) is 42.1 Å². The van der Waals surface area contributed by atoms with Crippen LogP contribution >= 0.6 is 11.8 Å². The highest BCUT2D eigenvalue weighted by molar-refractivity contribution is 7.99. The summed E-state index contributed by atoms with van der Waals surface area (Å²) in [4.78, 5) is 14.9. The number of carbonyl (C=O) groups is 1. The first-order chi connectivity index (χ1) is 10.2. The average molecular weight is 302 g/mol. The van der Waals surface area contributed by atoms with Gasteiger partial charge in [0.2, 0.25) is 0 Å². The minimum atomic E-state index is 0.0361. The van der Waals surface area contributed by atoms with E-state index in [2.05, 4.69) is 15.2 Å². The van der Waals surface area contributed by atoms with Crippen molar-refractivity contribution >= 4 is 17.5 Å². The van der Waals surface area contributed by atoms with E-state index in [0.717, 1.165) is 17.1 Å². The number of thioether (sulfide) groups is 1. The number of aromatic amines is 1. The van der Waals surface area contributed by atoms with Gasteiger partial charge in [0, 0.05) is 13.2 Å². The van der Waals surface area contributed by atoms with Crippen LogP contribution in [0.2, 0.25) is 0 Å². The van der Waals surface area contributed by atoms with E-state index in [1.165, 1.54) is 11.8 Å². The SMILES string of the molecule is Cc1occc1-c1nnc(SCC(=O)c2ccc[nH]2)n1C. The van der Waals surface area contributed by atoms with Gasteiger partial charge in [-0.2, -0.15) is 0 Å². The maximum absolute atomic E-state index is 12.0. The third-order valence-electron chi connectivity index (χ3n) is 3.17. The van der Waals surface area contributed by atoms with Crippen molar-refractivity contribution in [1.82, 2.24) is 19.7 Å². The first kappa shape index (κ1) is 13.7.